The van der Waals surface area contributed by atoms with Gasteiger partial charge in [0.1, 0.15) is 15.7 Å². The normalized spacial score (nSPS) is 20.7. The van der Waals surface area contributed by atoms with E-state index in [1.165, 1.54) is 15.6 Å². The fraction of sp³-hybridized carbons (Fsp3) is 0.500. The van der Waals surface area contributed by atoms with E-state index in [1.807, 2.05) is 23.1 Å². The molecule has 0 aliphatic carbocycles. The third-order valence-corrected chi connectivity index (χ3v) is 9.50. The van der Waals surface area contributed by atoms with Gasteiger partial charge < -0.3 is 14.4 Å². The van der Waals surface area contributed by atoms with Crippen LogP contribution < -0.4 is 9.47 Å². The second kappa shape index (κ2) is 9.18. The van der Waals surface area contributed by atoms with E-state index in [0.29, 0.717) is 36.7 Å². The van der Waals surface area contributed by atoms with E-state index in [2.05, 4.69) is 0 Å². The number of methoxy groups -OCH3 is 2. The van der Waals surface area contributed by atoms with Crippen molar-refractivity contribution in [2.45, 2.75) is 35.9 Å². The predicted octanol–water partition coefficient (Wildman–Crippen LogP) is 3.53. The van der Waals surface area contributed by atoms with Gasteiger partial charge in [0.2, 0.25) is 5.91 Å². The summed E-state index contributed by atoms with van der Waals surface area (Å²) in [4.78, 5) is 15.4. The van der Waals surface area contributed by atoms with E-state index in [9.17, 15) is 13.2 Å². The molecule has 0 bridgehead atoms. The molecule has 1 aromatic carbocycles. The van der Waals surface area contributed by atoms with Gasteiger partial charge in [-0.15, -0.1) is 11.3 Å². The number of rotatable bonds is 6. The minimum absolute atomic E-state index is 0.0505. The average molecular weight is 465 g/mol. The van der Waals surface area contributed by atoms with Gasteiger partial charge in [0, 0.05) is 31.1 Å². The van der Waals surface area contributed by atoms with Gasteiger partial charge in [-0.2, -0.15) is 4.31 Å². The fourth-order valence-corrected chi connectivity index (χ4v) is 7.18. The first kappa shape index (κ1) is 22.1. The number of benzene rings is 1. The Kier molecular flexibility index (Phi) is 6.55. The molecule has 31 heavy (non-hydrogen) atoms. The van der Waals surface area contributed by atoms with Gasteiger partial charge in [0.25, 0.3) is 10.0 Å². The lowest BCUT2D eigenvalue weighted by Crippen LogP contribution is -2.44. The standard InChI is InChI=1S/C22H28N2O5S2/c1-28-17-7-8-20(29-2)18(15-17)19-5-3-11-24(19)22(25)16-9-12-23(13-10-16)31(26,27)21-6-4-14-30-21/h4,6-8,14-16,19H,3,5,9-13H2,1-2H3. The monoisotopic (exact) mass is 464 g/mol. The van der Waals surface area contributed by atoms with Crippen LogP contribution >= 0.6 is 11.3 Å². The zero-order chi connectivity index (χ0) is 22.0. The van der Waals surface area contributed by atoms with E-state index in [1.54, 1.807) is 31.7 Å². The van der Waals surface area contributed by atoms with Crippen molar-refractivity contribution in [2.24, 2.45) is 5.92 Å². The molecule has 2 aromatic rings. The number of thiophene rings is 1. The molecule has 2 aliphatic rings. The van der Waals surface area contributed by atoms with Crippen molar-refractivity contribution in [3.63, 3.8) is 0 Å². The lowest BCUT2D eigenvalue weighted by Gasteiger charge is -2.34. The first-order valence-electron chi connectivity index (χ1n) is 10.5. The molecule has 168 valence electrons. The van der Waals surface area contributed by atoms with Crippen LogP contribution in [0.15, 0.2) is 39.9 Å². The molecule has 2 saturated heterocycles. The van der Waals surface area contributed by atoms with Crippen LogP contribution in [0.4, 0.5) is 0 Å². The van der Waals surface area contributed by atoms with Crippen LogP contribution in [0.25, 0.3) is 0 Å². The zero-order valence-electron chi connectivity index (χ0n) is 17.8. The number of nitrogens with zero attached hydrogens (tertiary/aromatic N) is 2. The van der Waals surface area contributed by atoms with Gasteiger partial charge in [-0.3, -0.25) is 4.79 Å². The van der Waals surface area contributed by atoms with Crippen molar-refractivity contribution in [3.05, 3.63) is 41.3 Å². The molecular weight excluding hydrogens is 436 g/mol. The van der Waals surface area contributed by atoms with E-state index in [-0.39, 0.29) is 17.9 Å². The van der Waals surface area contributed by atoms with E-state index in [4.69, 9.17) is 9.47 Å². The highest BCUT2D eigenvalue weighted by Gasteiger charge is 2.38. The van der Waals surface area contributed by atoms with Gasteiger partial charge in [-0.1, -0.05) is 6.07 Å². The number of carbonyl (C=O) groups excluding carboxylic acids is 1. The maximum atomic E-state index is 13.4. The Morgan fingerprint density at radius 1 is 1.06 bits per heavy atom. The minimum atomic E-state index is -3.46. The van der Waals surface area contributed by atoms with Crippen LogP contribution in [0, 0.1) is 5.92 Å². The highest BCUT2D eigenvalue weighted by Crippen LogP contribution is 2.40. The summed E-state index contributed by atoms with van der Waals surface area (Å²) in [5, 5.41) is 1.77. The Bertz CT molecular complexity index is 1010. The van der Waals surface area contributed by atoms with Crippen LogP contribution in [-0.4, -0.2) is 57.4 Å². The maximum Gasteiger partial charge on any atom is 0.252 e. The number of carbonyl (C=O) groups is 1. The first-order valence-corrected chi connectivity index (χ1v) is 12.8. The summed E-state index contributed by atoms with van der Waals surface area (Å²) in [5.74, 6) is 1.44. The summed E-state index contributed by atoms with van der Waals surface area (Å²) >= 11 is 1.23. The Balaban J connectivity index is 1.47. The fourth-order valence-electron chi connectivity index (χ4n) is 4.57. The Hall–Kier alpha value is -2.10. The van der Waals surface area contributed by atoms with Gasteiger partial charge in [-0.25, -0.2) is 8.42 Å². The predicted molar refractivity (Wildman–Crippen MR) is 119 cm³/mol. The van der Waals surface area contributed by atoms with Gasteiger partial charge in [0.05, 0.1) is 20.3 Å². The second-order valence-electron chi connectivity index (χ2n) is 7.91. The molecule has 2 aliphatic heterocycles. The van der Waals surface area contributed by atoms with Gasteiger partial charge >= 0.3 is 0 Å². The smallest absolute Gasteiger partial charge is 0.252 e. The number of piperidine rings is 1. The topological polar surface area (TPSA) is 76.2 Å². The average Bonchev–Trinajstić information content (AvgIpc) is 3.51. The summed E-state index contributed by atoms with van der Waals surface area (Å²) < 4.78 is 38.3. The van der Waals surface area contributed by atoms with E-state index < -0.39 is 10.0 Å². The highest BCUT2D eigenvalue weighted by molar-refractivity contribution is 7.91. The van der Waals surface area contributed by atoms with E-state index >= 15 is 0 Å². The molecule has 4 rings (SSSR count). The van der Waals surface area contributed by atoms with Crippen LogP contribution in [0.3, 0.4) is 0 Å². The SMILES string of the molecule is COc1ccc(OC)c(C2CCCN2C(=O)C2CCN(S(=O)(=O)c3cccs3)CC2)c1. The lowest BCUT2D eigenvalue weighted by atomic mass is 9.95. The van der Waals surface area contributed by atoms with E-state index in [0.717, 1.165) is 29.9 Å². The number of likely N-dealkylation sites (tertiary alicyclic amines) is 1. The summed E-state index contributed by atoms with van der Waals surface area (Å²) in [7, 11) is -0.200. The Morgan fingerprint density at radius 3 is 2.48 bits per heavy atom. The minimum Gasteiger partial charge on any atom is -0.497 e. The molecular formula is C22H28N2O5S2. The number of hydrogen-bond acceptors (Lipinski definition) is 6. The first-order chi connectivity index (χ1) is 15.0. The molecule has 0 N–H and O–H groups in total. The molecule has 2 fully saturated rings. The molecule has 1 unspecified atom stereocenters. The third kappa shape index (κ3) is 4.31. The number of sulfonamides is 1. The number of hydrogen-bond donors (Lipinski definition) is 0. The highest BCUT2D eigenvalue weighted by atomic mass is 32.2. The summed E-state index contributed by atoms with van der Waals surface area (Å²) in [6.07, 6.45) is 2.90. The molecule has 7 nitrogen and oxygen atoms in total. The van der Waals surface area contributed by atoms with Crippen LogP contribution in [-0.2, 0) is 14.8 Å². The molecule has 0 spiro atoms. The molecule has 1 aromatic heterocycles. The van der Waals surface area contributed by atoms with Crippen LogP contribution in [0.5, 0.6) is 11.5 Å². The van der Waals surface area contributed by atoms with Crippen molar-refractivity contribution >= 4 is 27.3 Å². The number of amides is 1. The molecule has 1 atom stereocenters. The third-order valence-electron chi connectivity index (χ3n) is 6.22. The lowest BCUT2D eigenvalue weighted by molar-refractivity contribution is -0.137. The van der Waals surface area contributed by atoms with Gasteiger partial charge in [-0.05, 0) is 55.3 Å². The second-order valence-corrected chi connectivity index (χ2v) is 11.0. The molecule has 1 amide bonds. The molecule has 3 heterocycles. The summed E-state index contributed by atoms with van der Waals surface area (Å²) in [6.45, 7) is 1.45. The number of ether oxygens (including phenoxy) is 2. The quantitative estimate of drug-likeness (QED) is 0.654. The molecule has 0 radical (unpaired) electrons. The van der Waals surface area contributed by atoms with Gasteiger partial charge in [0.15, 0.2) is 0 Å². The Labute approximate surface area is 187 Å². The largest absolute Gasteiger partial charge is 0.497 e. The Morgan fingerprint density at radius 2 is 1.84 bits per heavy atom. The molecule has 0 saturated carbocycles. The van der Waals surface area contributed by atoms with Crippen molar-refractivity contribution in [1.29, 1.82) is 0 Å². The van der Waals surface area contributed by atoms with Crippen LogP contribution in [0.2, 0.25) is 0 Å². The van der Waals surface area contributed by atoms with Crippen LogP contribution in [0.1, 0.15) is 37.3 Å². The maximum absolute atomic E-state index is 13.4. The van der Waals surface area contributed by atoms with Crippen molar-refractivity contribution in [2.75, 3.05) is 33.9 Å². The molecule has 9 heteroatoms. The zero-order valence-corrected chi connectivity index (χ0v) is 19.5. The summed E-state index contributed by atoms with van der Waals surface area (Å²) in [5.41, 5.74) is 0.963. The summed E-state index contributed by atoms with van der Waals surface area (Å²) in [6, 6.07) is 9.01. The van der Waals surface area contributed by atoms with Crippen molar-refractivity contribution in [1.82, 2.24) is 9.21 Å². The van der Waals surface area contributed by atoms with Crippen molar-refractivity contribution < 1.29 is 22.7 Å². The van der Waals surface area contributed by atoms with Crippen molar-refractivity contribution in [3.8, 4) is 11.5 Å².